The number of ketones is 1. The van der Waals surface area contributed by atoms with Crippen molar-refractivity contribution in [3.05, 3.63) is 0 Å². The number of hydrogen-bond acceptors (Lipinski definition) is 7. The molecule has 7 nitrogen and oxygen atoms in total. The Labute approximate surface area is 185 Å². The van der Waals surface area contributed by atoms with Crippen molar-refractivity contribution < 1.29 is 38.8 Å². The number of carbonyl (C=O) groups is 2. The standard InChI is InChI=1S/C23H41FO7/c1-10-16-23(8,29)19(27)14(4)17(25)12(2)11-21(6,30-9)15(5)13(3)18(26)22(7,24)20(28)31-16/h12-16,18-19,26-27,29H,10-11H2,1-9H3/t12-,13-,14+,15-,16-,18?,19-,21-,22+,23-/m1/s1. The number of carbonyl (C=O) groups excluding carboxylic acids is 2. The Bertz CT molecular complexity index is 650. The first-order chi connectivity index (χ1) is 14.0. The Kier molecular flexibility index (Phi) is 8.84. The van der Waals surface area contributed by atoms with Crippen molar-refractivity contribution in [3.63, 3.8) is 0 Å². The van der Waals surface area contributed by atoms with Gasteiger partial charge in [0.05, 0.1) is 11.7 Å². The smallest absolute Gasteiger partial charge is 0.346 e. The maximum atomic E-state index is 15.5. The van der Waals surface area contributed by atoms with Crippen molar-refractivity contribution in [2.45, 2.75) is 103 Å². The zero-order chi connectivity index (χ0) is 24.5. The number of Topliss-reactive ketones (excluding diaryl/α,β-unsaturated/α-hetero) is 1. The van der Waals surface area contributed by atoms with Crippen LogP contribution in [0.2, 0.25) is 0 Å². The molecule has 0 aliphatic carbocycles. The Morgan fingerprint density at radius 2 is 1.61 bits per heavy atom. The topological polar surface area (TPSA) is 113 Å². The lowest BCUT2D eigenvalue weighted by Gasteiger charge is -2.44. The summed E-state index contributed by atoms with van der Waals surface area (Å²) in [5.41, 5.74) is -5.68. The summed E-state index contributed by atoms with van der Waals surface area (Å²) in [5, 5.41) is 32.6. The van der Waals surface area contributed by atoms with Gasteiger partial charge in [0.1, 0.15) is 23.6 Å². The third-order valence-corrected chi connectivity index (χ3v) is 7.66. The molecule has 1 fully saturated rings. The molecule has 1 rings (SSSR count). The van der Waals surface area contributed by atoms with Gasteiger partial charge < -0.3 is 24.8 Å². The molecular formula is C23H41FO7. The van der Waals surface area contributed by atoms with E-state index in [1.165, 1.54) is 21.0 Å². The molecule has 0 aromatic carbocycles. The van der Waals surface area contributed by atoms with Gasteiger partial charge in [0.25, 0.3) is 0 Å². The highest BCUT2D eigenvalue weighted by Gasteiger charge is 2.53. The molecule has 1 aliphatic heterocycles. The minimum atomic E-state index is -2.76. The summed E-state index contributed by atoms with van der Waals surface area (Å²) in [6.07, 6.45) is -4.21. The van der Waals surface area contributed by atoms with Crippen LogP contribution in [0.3, 0.4) is 0 Å². The van der Waals surface area contributed by atoms with Crippen molar-refractivity contribution in [1.29, 1.82) is 0 Å². The molecule has 0 radical (unpaired) electrons. The Hall–Kier alpha value is -1.09. The van der Waals surface area contributed by atoms with Crippen LogP contribution < -0.4 is 0 Å². The van der Waals surface area contributed by atoms with E-state index in [-0.39, 0.29) is 18.6 Å². The van der Waals surface area contributed by atoms with Gasteiger partial charge in [-0.05, 0) is 45.4 Å². The highest BCUT2D eigenvalue weighted by Crippen LogP contribution is 2.40. The highest BCUT2D eigenvalue weighted by molar-refractivity contribution is 5.83. The summed E-state index contributed by atoms with van der Waals surface area (Å²) >= 11 is 0. The number of hydrogen-bond donors (Lipinski definition) is 3. The summed E-state index contributed by atoms with van der Waals surface area (Å²) in [5.74, 6) is -4.26. The molecule has 1 saturated heterocycles. The maximum Gasteiger partial charge on any atom is 0.346 e. The van der Waals surface area contributed by atoms with Gasteiger partial charge in [-0.2, -0.15) is 0 Å². The Morgan fingerprint density at radius 3 is 2.06 bits per heavy atom. The predicted molar refractivity (Wildman–Crippen MR) is 114 cm³/mol. The van der Waals surface area contributed by atoms with E-state index in [2.05, 4.69) is 0 Å². The first kappa shape index (κ1) is 27.9. The lowest BCUT2D eigenvalue weighted by atomic mass is 9.70. The van der Waals surface area contributed by atoms with E-state index < -0.39 is 64.8 Å². The monoisotopic (exact) mass is 448 g/mol. The number of methoxy groups -OCH3 is 1. The van der Waals surface area contributed by atoms with Gasteiger partial charge in [-0.25, -0.2) is 9.18 Å². The molecule has 1 heterocycles. The van der Waals surface area contributed by atoms with Crippen molar-refractivity contribution >= 4 is 11.8 Å². The fourth-order valence-corrected chi connectivity index (χ4v) is 4.77. The van der Waals surface area contributed by atoms with Gasteiger partial charge in [0, 0.05) is 18.9 Å². The van der Waals surface area contributed by atoms with Crippen molar-refractivity contribution in [2.24, 2.45) is 23.7 Å². The van der Waals surface area contributed by atoms with Crippen LogP contribution in [0, 0.1) is 23.7 Å². The quantitative estimate of drug-likeness (QED) is 0.556. The SMILES string of the molecule is CC[C@H]1OC(=O)[C@@](C)(F)C(O)[C@H](C)[C@@H](C)[C@](C)(OC)C[C@@H](C)C(=O)[C@H](C)[C@@H](O)[C@]1(C)O. The molecule has 0 saturated carbocycles. The van der Waals surface area contributed by atoms with Crippen LogP contribution in [0.1, 0.15) is 68.2 Å². The second-order valence-corrected chi connectivity index (χ2v) is 9.95. The van der Waals surface area contributed by atoms with Gasteiger partial charge >= 0.3 is 5.97 Å². The number of alkyl halides is 1. The van der Waals surface area contributed by atoms with Gasteiger partial charge in [0.15, 0.2) is 0 Å². The summed E-state index contributed by atoms with van der Waals surface area (Å²) < 4.78 is 26.5. The van der Waals surface area contributed by atoms with Crippen LogP contribution in [0.25, 0.3) is 0 Å². The Balaban J connectivity index is 3.57. The van der Waals surface area contributed by atoms with E-state index in [0.717, 1.165) is 6.92 Å². The third-order valence-electron chi connectivity index (χ3n) is 7.66. The van der Waals surface area contributed by atoms with Crippen LogP contribution in [0.4, 0.5) is 4.39 Å². The number of aliphatic hydroxyl groups excluding tert-OH is 2. The molecule has 1 unspecified atom stereocenters. The summed E-state index contributed by atoms with van der Waals surface area (Å²) in [4.78, 5) is 25.8. The largest absolute Gasteiger partial charge is 0.457 e. The second-order valence-electron chi connectivity index (χ2n) is 9.95. The lowest BCUT2D eigenvalue weighted by molar-refractivity contribution is -0.204. The minimum absolute atomic E-state index is 0.0755. The maximum absolute atomic E-state index is 15.5. The molecule has 0 aromatic heterocycles. The zero-order valence-corrected chi connectivity index (χ0v) is 20.3. The fraction of sp³-hybridized carbons (Fsp3) is 0.913. The zero-order valence-electron chi connectivity index (χ0n) is 20.3. The van der Waals surface area contributed by atoms with Gasteiger partial charge in [-0.3, -0.25) is 4.79 Å². The first-order valence-corrected chi connectivity index (χ1v) is 11.1. The van der Waals surface area contributed by atoms with Crippen LogP contribution in [0.5, 0.6) is 0 Å². The first-order valence-electron chi connectivity index (χ1n) is 11.1. The molecule has 0 amide bonds. The lowest BCUT2D eigenvalue weighted by Crippen LogP contribution is -2.59. The van der Waals surface area contributed by atoms with E-state index in [9.17, 15) is 24.9 Å². The predicted octanol–water partition coefficient (Wildman–Crippen LogP) is 2.43. The minimum Gasteiger partial charge on any atom is -0.457 e. The Morgan fingerprint density at radius 1 is 1.10 bits per heavy atom. The van der Waals surface area contributed by atoms with Gasteiger partial charge in [-0.1, -0.05) is 34.6 Å². The average Bonchev–Trinajstić information content (AvgIpc) is 2.72. The van der Waals surface area contributed by atoms with E-state index in [1.807, 2.05) is 0 Å². The highest BCUT2D eigenvalue weighted by atomic mass is 19.1. The molecule has 0 bridgehead atoms. The van der Waals surface area contributed by atoms with Crippen molar-refractivity contribution in [3.8, 4) is 0 Å². The summed E-state index contributed by atoms with van der Waals surface area (Å²) in [6.45, 7) is 12.2. The molecule has 0 aromatic rings. The summed E-state index contributed by atoms with van der Waals surface area (Å²) in [6, 6.07) is 0. The van der Waals surface area contributed by atoms with Crippen LogP contribution in [-0.2, 0) is 19.1 Å². The molecule has 31 heavy (non-hydrogen) atoms. The number of aliphatic hydroxyl groups is 3. The molecule has 182 valence electrons. The number of ether oxygens (including phenoxy) is 2. The molecule has 1 aliphatic rings. The van der Waals surface area contributed by atoms with Crippen molar-refractivity contribution in [1.82, 2.24) is 0 Å². The van der Waals surface area contributed by atoms with E-state index in [4.69, 9.17) is 9.47 Å². The van der Waals surface area contributed by atoms with Gasteiger partial charge in [-0.15, -0.1) is 0 Å². The molecule has 10 atom stereocenters. The average molecular weight is 449 g/mol. The normalized spacial score (nSPS) is 48.7. The number of cyclic esters (lactones) is 1. The fourth-order valence-electron chi connectivity index (χ4n) is 4.77. The van der Waals surface area contributed by atoms with Gasteiger partial charge in [0.2, 0.25) is 5.67 Å². The number of rotatable bonds is 2. The number of esters is 1. The van der Waals surface area contributed by atoms with Crippen LogP contribution in [0.15, 0.2) is 0 Å². The van der Waals surface area contributed by atoms with E-state index in [0.29, 0.717) is 0 Å². The van der Waals surface area contributed by atoms with E-state index >= 15 is 4.39 Å². The third kappa shape index (κ3) is 5.29. The summed E-state index contributed by atoms with van der Waals surface area (Å²) in [7, 11) is 1.48. The van der Waals surface area contributed by atoms with E-state index in [1.54, 1.807) is 34.6 Å². The van der Waals surface area contributed by atoms with Crippen molar-refractivity contribution in [2.75, 3.05) is 7.11 Å². The van der Waals surface area contributed by atoms with Crippen LogP contribution >= 0.6 is 0 Å². The number of halogens is 1. The van der Waals surface area contributed by atoms with Crippen LogP contribution in [-0.4, -0.2) is 69.4 Å². The second kappa shape index (κ2) is 9.81. The molecule has 0 spiro atoms. The molecule has 3 N–H and O–H groups in total. The molecular weight excluding hydrogens is 407 g/mol. The molecule has 8 heteroatoms.